The van der Waals surface area contributed by atoms with Crippen molar-refractivity contribution in [1.29, 1.82) is 0 Å². The van der Waals surface area contributed by atoms with E-state index in [1.54, 1.807) is 10.4 Å². The average Bonchev–Trinajstić information content (AvgIpc) is 2.38. The second-order valence-corrected chi connectivity index (χ2v) is 7.29. The summed E-state index contributed by atoms with van der Waals surface area (Å²) in [7, 11) is -3.36. The van der Waals surface area contributed by atoms with Crippen molar-refractivity contribution in [3.8, 4) is 0 Å². The molecule has 0 N–H and O–H groups in total. The fourth-order valence-electron chi connectivity index (χ4n) is 2.25. The van der Waals surface area contributed by atoms with Gasteiger partial charge in [0.05, 0.1) is 4.90 Å². The van der Waals surface area contributed by atoms with Crippen LogP contribution in [0, 0.1) is 13.8 Å². The van der Waals surface area contributed by atoms with E-state index in [1.165, 1.54) is 0 Å². The van der Waals surface area contributed by atoms with Crippen LogP contribution in [0.25, 0.3) is 0 Å². The van der Waals surface area contributed by atoms with Crippen molar-refractivity contribution in [3.63, 3.8) is 0 Å². The Kier molecular flexibility index (Phi) is 6.69. The lowest BCUT2D eigenvalue weighted by Crippen LogP contribution is -2.33. The molecule has 0 heterocycles. The van der Waals surface area contributed by atoms with Crippen LogP contribution in [0.4, 0.5) is 0 Å². The summed E-state index contributed by atoms with van der Waals surface area (Å²) >= 11 is 0. The molecule has 20 heavy (non-hydrogen) atoms. The number of hydrogen-bond donors (Lipinski definition) is 0. The summed E-state index contributed by atoms with van der Waals surface area (Å²) in [4.78, 5) is 0.454. The molecule has 0 aliphatic rings. The number of rotatable bonds is 8. The van der Waals surface area contributed by atoms with E-state index in [2.05, 4.69) is 13.8 Å². The van der Waals surface area contributed by atoms with Gasteiger partial charge in [0.2, 0.25) is 10.0 Å². The van der Waals surface area contributed by atoms with Crippen molar-refractivity contribution in [2.45, 2.75) is 58.3 Å². The number of benzene rings is 1. The number of hydrogen-bond acceptors (Lipinski definition) is 2. The van der Waals surface area contributed by atoms with Crippen LogP contribution in [0.2, 0.25) is 0 Å². The van der Waals surface area contributed by atoms with E-state index in [4.69, 9.17) is 0 Å². The molecule has 0 saturated carbocycles. The Bertz CT molecular complexity index is 515. The van der Waals surface area contributed by atoms with Gasteiger partial charge < -0.3 is 0 Å². The van der Waals surface area contributed by atoms with Gasteiger partial charge in [-0.2, -0.15) is 4.31 Å². The van der Waals surface area contributed by atoms with Crippen LogP contribution in [0.15, 0.2) is 23.1 Å². The summed E-state index contributed by atoms with van der Waals surface area (Å²) in [6.07, 6.45) is 3.83. The third kappa shape index (κ3) is 4.32. The molecular weight excluding hydrogens is 270 g/mol. The van der Waals surface area contributed by atoms with Gasteiger partial charge in [-0.1, -0.05) is 44.4 Å². The molecular formula is C16H27NO2S. The van der Waals surface area contributed by atoms with Gasteiger partial charge in [0.1, 0.15) is 0 Å². The second-order valence-electron chi connectivity index (χ2n) is 5.38. The lowest BCUT2D eigenvalue weighted by Gasteiger charge is -2.23. The van der Waals surface area contributed by atoms with Gasteiger partial charge in [-0.3, -0.25) is 0 Å². The first-order valence-corrected chi connectivity index (χ1v) is 8.94. The Morgan fingerprint density at radius 2 is 1.55 bits per heavy atom. The summed E-state index contributed by atoms with van der Waals surface area (Å²) in [5.41, 5.74) is 1.93. The van der Waals surface area contributed by atoms with Crippen molar-refractivity contribution in [1.82, 2.24) is 4.31 Å². The van der Waals surface area contributed by atoms with Crippen molar-refractivity contribution >= 4 is 10.0 Å². The van der Waals surface area contributed by atoms with Crippen molar-refractivity contribution in [3.05, 3.63) is 29.3 Å². The van der Waals surface area contributed by atoms with Crippen LogP contribution < -0.4 is 0 Å². The monoisotopic (exact) mass is 297 g/mol. The highest BCUT2D eigenvalue weighted by Crippen LogP contribution is 2.21. The van der Waals surface area contributed by atoms with Gasteiger partial charge in [-0.25, -0.2) is 8.42 Å². The molecule has 0 bridgehead atoms. The van der Waals surface area contributed by atoms with E-state index in [1.807, 2.05) is 26.0 Å². The predicted octanol–water partition coefficient (Wildman–Crippen LogP) is 3.89. The van der Waals surface area contributed by atoms with E-state index >= 15 is 0 Å². The van der Waals surface area contributed by atoms with Gasteiger partial charge >= 0.3 is 0 Å². The molecule has 1 aromatic rings. The van der Waals surface area contributed by atoms with E-state index < -0.39 is 10.0 Å². The Morgan fingerprint density at radius 3 is 2.00 bits per heavy atom. The maximum Gasteiger partial charge on any atom is 0.243 e. The summed E-state index contributed by atoms with van der Waals surface area (Å²) in [5.74, 6) is 0. The van der Waals surface area contributed by atoms with Crippen molar-refractivity contribution in [2.24, 2.45) is 0 Å². The third-order valence-corrected chi connectivity index (χ3v) is 5.53. The summed E-state index contributed by atoms with van der Waals surface area (Å²) in [6.45, 7) is 9.26. The molecule has 0 aliphatic heterocycles. The van der Waals surface area contributed by atoms with Crippen LogP contribution >= 0.6 is 0 Å². The highest BCUT2D eigenvalue weighted by molar-refractivity contribution is 7.89. The van der Waals surface area contributed by atoms with E-state index in [0.717, 1.165) is 36.8 Å². The van der Waals surface area contributed by atoms with Crippen molar-refractivity contribution < 1.29 is 8.42 Å². The zero-order chi connectivity index (χ0) is 15.2. The van der Waals surface area contributed by atoms with Crippen LogP contribution in [-0.2, 0) is 10.0 Å². The lowest BCUT2D eigenvalue weighted by molar-refractivity contribution is 0.395. The number of sulfonamides is 1. The average molecular weight is 297 g/mol. The smallest absolute Gasteiger partial charge is 0.207 e. The Balaban J connectivity index is 3.07. The number of unbranched alkanes of at least 4 members (excludes halogenated alkanes) is 2. The molecule has 0 saturated heterocycles. The molecule has 3 nitrogen and oxygen atoms in total. The minimum absolute atomic E-state index is 0.454. The molecule has 114 valence electrons. The topological polar surface area (TPSA) is 37.4 Å². The summed E-state index contributed by atoms with van der Waals surface area (Å²) in [6, 6.07) is 5.55. The van der Waals surface area contributed by atoms with Crippen LogP contribution in [0.3, 0.4) is 0 Å². The number of aryl methyl sites for hydroxylation is 2. The first-order chi connectivity index (χ1) is 9.43. The van der Waals surface area contributed by atoms with E-state index in [0.29, 0.717) is 18.0 Å². The first kappa shape index (κ1) is 17.2. The molecule has 0 spiro atoms. The van der Waals surface area contributed by atoms with Gasteiger partial charge in [0.25, 0.3) is 0 Å². The highest BCUT2D eigenvalue weighted by atomic mass is 32.2. The maximum atomic E-state index is 12.8. The van der Waals surface area contributed by atoms with Crippen LogP contribution in [-0.4, -0.2) is 25.8 Å². The fourth-order valence-corrected chi connectivity index (χ4v) is 3.97. The molecule has 1 aromatic carbocycles. The fraction of sp³-hybridized carbons (Fsp3) is 0.625. The van der Waals surface area contributed by atoms with E-state index in [-0.39, 0.29) is 0 Å². The van der Waals surface area contributed by atoms with Gasteiger partial charge in [0.15, 0.2) is 0 Å². The minimum Gasteiger partial charge on any atom is -0.207 e. The van der Waals surface area contributed by atoms with E-state index in [9.17, 15) is 8.42 Å². The van der Waals surface area contributed by atoms with Gasteiger partial charge in [-0.05, 0) is 38.3 Å². The highest BCUT2D eigenvalue weighted by Gasteiger charge is 2.24. The Morgan fingerprint density at radius 1 is 1.00 bits per heavy atom. The molecule has 0 radical (unpaired) electrons. The molecule has 0 fully saturated rings. The molecule has 0 amide bonds. The van der Waals surface area contributed by atoms with Crippen LogP contribution in [0.5, 0.6) is 0 Å². The van der Waals surface area contributed by atoms with Gasteiger partial charge in [-0.15, -0.1) is 0 Å². The SMILES string of the molecule is CCCCN(CCCC)S(=O)(=O)c1ccc(C)cc1C. The first-order valence-electron chi connectivity index (χ1n) is 7.50. The Labute approximate surface area is 124 Å². The summed E-state index contributed by atoms with van der Waals surface area (Å²) < 4.78 is 27.3. The van der Waals surface area contributed by atoms with Gasteiger partial charge in [0, 0.05) is 13.1 Å². The zero-order valence-corrected chi connectivity index (χ0v) is 14.0. The molecule has 0 aromatic heterocycles. The van der Waals surface area contributed by atoms with Crippen molar-refractivity contribution in [2.75, 3.05) is 13.1 Å². The minimum atomic E-state index is -3.36. The van der Waals surface area contributed by atoms with Crippen LogP contribution in [0.1, 0.15) is 50.7 Å². The standard InChI is InChI=1S/C16H27NO2S/c1-5-7-11-17(12-8-6-2)20(18,19)16-10-9-14(3)13-15(16)4/h9-10,13H,5-8,11-12H2,1-4H3. The molecule has 0 unspecified atom stereocenters. The normalized spacial score (nSPS) is 12.1. The predicted molar refractivity (Wildman–Crippen MR) is 84.5 cm³/mol. The molecule has 4 heteroatoms. The second kappa shape index (κ2) is 7.79. The zero-order valence-electron chi connectivity index (χ0n) is 13.1. The molecule has 1 rings (SSSR count). The number of nitrogens with zero attached hydrogens (tertiary/aromatic N) is 1. The lowest BCUT2D eigenvalue weighted by atomic mass is 10.2. The maximum absolute atomic E-state index is 12.8. The molecule has 0 aliphatic carbocycles. The quantitative estimate of drug-likeness (QED) is 0.730. The largest absolute Gasteiger partial charge is 0.243 e. The molecule has 0 atom stereocenters. The third-order valence-electron chi connectivity index (χ3n) is 3.47. The Hall–Kier alpha value is -0.870. The summed E-state index contributed by atoms with van der Waals surface area (Å²) in [5, 5.41) is 0.